The zero-order chi connectivity index (χ0) is 9.12. The molecule has 0 fully saturated rings. The topological polar surface area (TPSA) is 57.2 Å². The van der Waals surface area contributed by atoms with Gasteiger partial charge in [-0.3, -0.25) is 8.42 Å². The van der Waals surface area contributed by atoms with Gasteiger partial charge in [-0.1, -0.05) is 27.2 Å². The maximum atomic E-state index is 10.2. The van der Waals surface area contributed by atoms with Gasteiger partial charge in [0.15, 0.2) is 0 Å². The van der Waals surface area contributed by atoms with Gasteiger partial charge in [0.25, 0.3) is 0 Å². The molecule has 0 rings (SSSR count). The smallest absolute Gasteiger partial charge is 0.754 e. The van der Waals surface area contributed by atoms with Crippen LogP contribution in [0.5, 0.6) is 0 Å². The molecular formula is C6H15NaO3SSi. The summed E-state index contributed by atoms with van der Waals surface area (Å²) in [7, 11) is -5.27. The van der Waals surface area contributed by atoms with Crippen LogP contribution in [0.2, 0.25) is 6.04 Å². The Morgan fingerprint density at radius 2 is 1.75 bits per heavy atom. The summed E-state index contributed by atoms with van der Waals surface area (Å²) >= 11 is 0. The van der Waals surface area contributed by atoms with Gasteiger partial charge in [0.1, 0.15) is 8.67 Å². The van der Waals surface area contributed by atoms with E-state index in [1.54, 1.807) is 0 Å². The van der Waals surface area contributed by atoms with Crippen molar-refractivity contribution in [3.05, 3.63) is 0 Å². The van der Waals surface area contributed by atoms with E-state index in [-0.39, 0.29) is 35.0 Å². The van der Waals surface area contributed by atoms with Crippen LogP contribution in [0.3, 0.4) is 0 Å². The first kappa shape index (κ1) is 15.6. The molecule has 0 spiro atoms. The minimum Gasteiger partial charge on any atom is -0.754 e. The van der Waals surface area contributed by atoms with E-state index in [1.165, 1.54) is 0 Å². The van der Waals surface area contributed by atoms with E-state index in [2.05, 4.69) is 0 Å². The molecule has 0 unspecified atom stereocenters. The Labute approximate surface area is 98.8 Å². The van der Waals surface area contributed by atoms with Gasteiger partial charge >= 0.3 is 29.6 Å². The molecule has 0 saturated carbocycles. The van der Waals surface area contributed by atoms with Crippen molar-refractivity contribution < 1.29 is 42.5 Å². The molecule has 0 aromatic heterocycles. The minimum absolute atomic E-state index is 0. The van der Waals surface area contributed by atoms with Crippen LogP contribution in [0.1, 0.15) is 27.2 Å². The van der Waals surface area contributed by atoms with Crippen molar-refractivity contribution in [3.63, 3.8) is 0 Å². The molecule has 3 nitrogen and oxygen atoms in total. The van der Waals surface area contributed by atoms with Crippen LogP contribution in [0, 0.1) is 5.41 Å². The molecule has 0 radical (unpaired) electrons. The summed E-state index contributed by atoms with van der Waals surface area (Å²) < 4.78 is 30.7. The Balaban J connectivity index is 0. The van der Waals surface area contributed by atoms with Crippen molar-refractivity contribution in [2.45, 2.75) is 33.2 Å². The van der Waals surface area contributed by atoms with E-state index in [0.29, 0.717) is 6.04 Å². The van der Waals surface area contributed by atoms with Gasteiger partial charge in [-0.05, 0) is 11.5 Å². The third kappa shape index (κ3) is 13.7. The molecule has 6 heteroatoms. The predicted octanol–water partition coefficient (Wildman–Crippen LogP) is -2.53. The van der Waals surface area contributed by atoms with Gasteiger partial charge < -0.3 is 4.55 Å². The van der Waals surface area contributed by atoms with Crippen molar-refractivity contribution in [2.75, 3.05) is 0 Å². The fraction of sp³-hybridized carbons (Fsp3) is 1.00. The second-order valence-corrected chi connectivity index (χ2v) is 9.50. The zero-order valence-electron chi connectivity index (χ0n) is 8.25. The third-order valence-electron chi connectivity index (χ3n) is 1.32. The Hall–Kier alpha value is 1.13. The van der Waals surface area contributed by atoms with E-state index >= 15 is 0 Å². The molecule has 0 bridgehead atoms. The normalized spacial score (nSPS) is 13.3. The number of hydrogen-bond acceptors (Lipinski definition) is 3. The fourth-order valence-electron chi connectivity index (χ4n) is 0.779. The monoisotopic (exact) mass is 218 g/mol. The summed E-state index contributed by atoms with van der Waals surface area (Å²) in [4.78, 5) is 0. The molecule has 0 amide bonds. The number of rotatable bonds is 3. The maximum absolute atomic E-state index is 10.2. The van der Waals surface area contributed by atoms with Crippen LogP contribution in [0.4, 0.5) is 0 Å². The van der Waals surface area contributed by atoms with Gasteiger partial charge in [-0.25, -0.2) is 0 Å². The quantitative estimate of drug-likeness (QED) is 0.388. The molecule has 0 aromatic carbocycles. The van der Waals surface area contributed by atoms with Crippen LogP contribution in [-0.4, -0.2) is 21.6 Å². The minimum atomic E-state index is -3.86. The van der Waals surface area contributed by atoms with Crippen molar-refractivity contribution in [3.8, 4) is 0 Å². The maximum Gasteiger partial charge on any atom is 1.00 e. The average Bonchev–Trinajstić information content (AvgIpc) is 1.55. The molecule has 68 valence electrons. The Bertz CT molecular complexity index is 207. The van der Waals surface area contributed by atoms with Crippen LogP contribution in [-0.2, 0) is 9.57 Å². The first-order chi connectivity index (χ1) is 4.71. The van der Waals surface area contributed by atoms with Gasteiger partial charge in [0.2, 0.25) is 0 Å². The molecule has 0 aliphatic rings. The van der Waals surface area contributed by atoms with E-state index in [1.807, 2.05) is 20.8 Å². The van der Waals surface area contributed by atoms with Crippen LogP contribution in [0.15, 0.2) is 0 Å². The molecule has 12 heavy (non-hydrogen) atoms. The van der Waals surface area contributed by atoms with Crippen molar-refractivity contribution >= 4 is 18.2 Å². The van der Waals surface area contributed by atoms with E-state index in [4.69, 9.17) is 0 Å². The standard InChI is InChI=1S/C6H16O3SSi.Na/c1-6(2,3)4-5-11-10(7,8)9;/h4-5,11H2,1-3H3,(H,7,8,9);/q;+1/p-1. The largest absolute Gasteiger partial charge is 1.00 e. The van der Waals surface area contributed by atoms with Crippen molar-refractivity contribution in [1.82, 2.24) is 0 Å². The van der Waals surface area contributed by atoms with Crippen molar-refractivity contribution in [2.24, 2.45) is 5.41 Å². The van der Waals surface area contributed by atoms with Gasteiger partial charge in [0.05, 0.1) is 9.57 Å². The zero-order valence-corrected chi connectivity index (χ0v) is 12.5. The second kappa shape index (κ2) is 5.77. The summed E-state index contributed by atoms with van der Waals surface area (Å²) in [6.07, 6.45) is 0.834. The average molecular weight is 218 g/mol. The third-order valence-corrected chi connectivity index (χ3v) is 4.83. The van der Waals surface area contributed by atoms with Crippen LogP contribution < -0.4 is 29.6 Å². The Morgan fingerprint density at radius 1 is 1.33 bits per heavy atom. The molecule has 0 aliphatic heterocycles. The Kier molecular flexibility index (Phi) is 7.50. The van der Waals surface area contributed by atoms with Crippen LogP contribution >= 0.6 is 0 Å². The summed E-state index contributed by atoms with van der Waals surface area (Å²) in [5, 5.41) is 0. The van der Waals surface area contributed by atoms with Crippen LogP contribution in [0.25, 0.3) is 0 Å². The Morgan fingerprint density at radius 3 is 2.00 bits per heavy atom. The summed E-state index contributed by atoms with van der Waals surface area (Å²) in [6.45, 7) is 6.12. The van der Waals surface area contributed by atoms with Gasteiger partial charge in [0, 0.05) is 0 Å². The summed E-state index contributed by atoms with van der Waals surface area (Å²) in [5.41, 5.74) is 0.150. The van der Waals surface area contributed by atoms with Gasteiger partial charge in [-0.2, -0.15) is 0 Å². The molecule has 0 heterocycles. The predicted molar refractivity (Wildman–Crippen MR) is 47.1 cm³/mol. The fourth-order valence-corrected chi connectivity index (χ4v) is 3.83. The first-order valence-electron chi connectivity index (χ1n) is 3.64. The molecular weight excluding hydrogens is 203 g/mol. The molecule has 0 saturated heterocycles. The SMILES string of the molecule is CC(C)(C)CC[SiH2]S(=O)(=O)[O-].[Na+]. The van der Waals surface area contributed by atoms with E-state index in [9.17, 15) is 13.0 Å². The summed E-state index contributed by atoms with van der Waals surface area (Å²) in [6, 6.07) is 0.606. The molecule has 0 aromatic rings. The molecule has 0 aliphatic carbocycles. The summed E-state index contributed by atoms with van der Waals surface area (Å²) in [5.74, 6) is 0. The van der Waals surface area contributed by atoms with E-state index in [0.717, 1.165) is 6.42 Å². The van der Waals surface area contributed by atoms with E-state index < -0.39 is 18.2 Å². The van der Waals surface area contributed by atoms with Gasteiger partial charge in [-0.15, -0.1) is 0 Å². The molecule has 0 atom stereocenters. The second-order valence-electron chi connectivity index (χ2n) is 3.93. The number of hydrogen-bond donors (Lipinski definition) is 0. The molecule has 0 N–H and O–H groups in total. The van der Waals surface area contributed by atoms with Crippen molar-refractivity contribution in [1.29, 1.82) is 0 Å². The first-order valence-corrected chi connectivity index (χ1v) is 7.95.